The van der Waals surface area contributed by atoms with E-state index in [1.165, 1.54) is 18.3 Å². The summed E-state index contributed by atoms with van der Waals surface area (Å²) in [4.78, 5) is 11.1. The third-order valence-corrected chi connectivity index (χ3v) is 5.09. The molecule has 1 saturated heterocycles. The van der Waals surface area contributed by atoms with Gasteiger partial charge >= 0.3 is 0 Å². The van der Waals surface area contributed by atoms with E-state index in [0.717, 1.165) is 43.5 Å². The largest absolute Gasteiger partial charge is 0.369 e. The predicted octanol–water partition coefficient (Wildman–Crippen LogP) is 4.10. The summed E-state index contributed by atoms with van der Waals surface area (Å²) in [5, 5.41) is 6.67. The van der Waals surface area contributed by atoms with E-state index in [2.05, 4.69) is 37.6 Å². The van der Waals surface area contributed by atoms with Crippen LogP contribution >= 0.6 is 11.6 Å². The Morgan fingerprint density at radius 2 is 1.83 bits per heavy atom. The average molecular weight is 416 g/mol. The van der Waals surface area contributed by atoms with Gasteiger partial charge in [-0.1, -0.05) is 17.7 Å². The number of benzene rings is 2. The standard InChI is InChI=1S/C21H20ClF2N5/c22-18-13-27-20(14-2-5-17(6-3-14)29-9-7-25-8-10-29)28-21(18)26-12-15-1-4-16(23)11-19(15)24/h1-6,11,13,25H,7-10,12H2,(H,26,27,28). The van der Waals surface area contributed by atoms with Crippen LogP contribution in [0.3, 0.4) is 0 Å². The smallest absolute Gasteiger partial charge is 0.161 e. The van der Waals surface area contributed by atoms with Gasteiger partial charge in [0, 0.05) is 55.6 Å². The molecule has 1 aromatic heterocycles. The molecule has 0 aliphatic carbocycles. The number of hydrogen-bond donors (Lipinski definition) is 2. The number of aromatic nitrogens is 2. The first-order valence-corrected chi connectivity index (χ1v) is 9.74. The van der Waals surface area contributed by atoms with Crippen LogP contribution in [-0.2, 0) is 6.54 Å². The molecule has 5 nitrogen and oxygen atoms in total. The lowest BCUT2D eigenvalue weighted by atomic mass is 10.1. The number of anilines is 2. The zero-order valence-electron chi connectivity index (χ0n) is 15.6. The summed E-state index contributed by atoms with van der Waals surface area (Å²) in [5.74, 6) is -0.320. The normalized spacial score (nSPS) is 14.1. The first-order valence-electron chi connectivity index (χ1n) is 9.36. The van der Waals surface area contributed by atoms with Crippen molar-refractivity contribution in [2.45, 2.75) is 6.54 Å². The second kappa shape index (κ2) is 8.71. The number of nitrogens with one attached hydrogen (secondary N) is 2. The molecule has 0 amide bonds. The van der Waals surface area contributed by atoms with Crippen molar-refractivity contribution in [1.82, 2.24) is 15.3 Å². The van der Waals surface area contributed by atoms with Crippen molar-refractivity contribution in [3.05, 3.63) is 70.9 Å². The summed E-state index contributed by atoms with van der Waals surface area (Å²) >= 11 is 6.19. The van der Waals surface area contributed by atoms with E-state index in [4.69, 9.17) is 11.6 Å². The van der Waals surface area contributed by atoms with E-state index < -0.39 is 11.6 Å². The molecule has 1 aliphatic rings. The summed E-state index contributed by atoms with van der Waals surface area (Å²) in [5.41, 5.74) is 2.34. The van der Waals surface area contributed by atoms with Crippen LogP contribution < -0.4 is 15.5 Å². The average Bonchev–Trinajstić information content (AvgIpc) is 2.75. The Morgan fingerprint density at radius 3 is 2.55 bits per heavy atom. The molecular weight excluding hydrogens is 396 g/mol. The molecule has 8 heteroatoms. The molecule has 2 aromatic carbocycles. The molecule has 150 valence electrons. The molecule has 0 bridgehead atoms. The zero-order chi connectivity index (χ0) is 20.2. The van der Waals surface area contributed by atoms with Gasteiger partial charge in [0.2, 0.25) is 0 Å². The highest BCUT2D eigenvalue weighted by atomic mass is 35.5. The van der Waals surface area contributed by atoms with Crippen LogP contribution in [0, 0.1) is 11.6 Å². The molecular formula is C21H20ClF2N5. The molecule has 0 radical (unpaired) electrons. The molecule has 29 heavy (non-hydrogen) atoms. The zero-order valence-corrected chi connectivity index (χ0v) is 16.4. The van der Waals surface area contributed by atoms with Gasteiger partial charge in [-0.05, 0) is 30.3 Å². The molecule has 0 spiro atoms. The van der Waals surface area contributed by atoms with E-state index in [9.17, 15) is 8.78 Å². The molecule has 1 aliphatic heterocycles. The second-order valence-corrected chi connectivity index (χ2v) is 7.17. The second-order valence-electron chi connectivity index (χ2n) is 6.76. The van der Waals surface area contributed by atoms with Gasteiger partial charge in [-0.25, -0.2) is 18.7 Å². The number of piperazine rings is 1. The topological polar surface area (TPSA) is 53.1 Å². The fraction of sp³-hybridized carbons (Fsp3) is 0.238. The SMILES string of the molecule is Fc1ccc(CNc2nc(-c3ccc(N4CCNCC4)cc3)ncc2Cl)c(F)c1. The third-order valence-electron chi connectivity index (χ3n) is 4.81. The van der Waals surface area contributed by atoms with E-state index in [1.54, 1.807) is 0 Å². The van der Waals surface area contributed by atoms with E-state index in [0.29, 0.717) is 22.2 Å². The highest BCUT2D eigenvalue weighted by Crippen LogP contribution is 2.25. The maximum absolute atomic E-state index is 13.8. The molecule has 0 atom stereocenters. The van der Waals surface area contributed by atoms with Gasteiger partial charge in [0.25, 0.3) is 0 Å². The summed E-state index contributed by atoms with van der Waals surface area (Å²) in [6, 6.07) is 11.5. The first-order chi connectivity index (χ1) is 14.1. The lowest BCUT2D eigenvalue weighted by Gasteiger charge is -2.29. The Labute approximate surface area is 172 Å². The van der Waals surface area contributed by atoms with Crippen LogP contribution in [0.5, 0.6) is 0 Å². The minimum absolute atomic E-state index is 0.129. The maximum Gasteiger partial charge on any atom is 0.161 e. The van der Waals surface area contributed by atoms with Gasteiger partial charge in [0.15, 0.2) is 5.82 Å². The number of hydrogen-bond acceptors (Lipinski definition) is 5. The quantitative estimate of drug-likeness (QED) is 0.657. The van der Waals surface area contributed by atoms with Crippen molar-refractivity contribution in [1.29, 1.82) is 0 Å². The first kappa shape index (κ1) is 19.5. The Morgan fingerprint density at radius 1 is 1.07 bits per heavy atom. The fourth-order valence-corrected chi connectivity index (χ4v) is 3.38. The van der Waals surface area contributed by atoms with Crippen LogP contribution in [0.2, 0.25) is 5.02 Å². The van der Waals surface area contributed by atoms with Gasteiger partial charge < -0.3 is 15.5 Å². The Kier molecular flexibility index (Phi) is 5.87. The minimum Gasteiger partial charge on any atom is -0.369 e. The highest BCUT2D eigenvalue weighted by molar-refractivity contribution is 6.32. The summed E-state index contributed by atoms with van der Waals surface area (Å²) < 4.78 is 26.9. The van der Waals surface area contributed by atoms with Crippen molar-refractivity contribution in [2.24, 2.45) is 0 Å². The number of rotatable bonds is 5. The minimum atomic E-state index is -0.619. The molecule has 1 fully saturated rings. The van der Waals surface area contributed by atoms with Crippen LogP contribution in [-0.4, -0.2) is 36.1 Å². The van der Waals surface area contributed by atoms with E-state index in [1.807, 2.05) is 12.1 Å². The highest BCUT2D eigenvalue weighted by Gasteiger charge is 2.12. The van der Waals surface area contributed by atoms with Crippen molar-refractivity contribution in [2.75, 3.05) is 36.4 Å². The molecule has 3 aromatic rings. The lowest BCUT2D eigenvalue weighted by molar-refractivity contribution is 0.574. The van der Waals surface area contributed by atoms with Gasteiger partial charge in [0.1, 0.15) is 22.5 Å². The molecule has 0 saturated carbocycles. The van der Waals surface area contributed by atoms with Crippen molar-refractivity contribution >= 4 is 23.1 Å². The van der Waals surface area contributed by atoms with Crippen LogP contribution in [0.25, 0.3) is 11.4 Å². The molecule has 0 unspecified atom stereocenters. The van der Waals surface area contributed by atoms with E-state index >= 15 is 0 Å². The van der Waals surface area contributed by atoms with Crippen molar-refractivity contribution in [3.63, 3.8) is 0 Å². The van der Waals surface area contributed by atoms with Crippen molar-refractivity contribution in [3.8, 4) is 11.4 Å². The molecule has 2 heterocycles. The van der Waals surface area contributed by atoms with Gasteiger partial charge in [0.05, 0.1) is 6.20 Å². The molecule has 4 rings (SSSR count). The lowest BCUT2D eigenvalue weighted by Crippen LogP contribution is -2.43. The summed E-state index contributed by atoms with van der Waals surface area (Å²) in [6.45, 7) is 4.04. The predicted molar refractivity (Wildman–Crippen MR) is 111 cm³/mol. The van der Waals surface area contributed by atoms with Gasteiger partial charge in [-0.2, -0.15) is 0 Å². The number of halogens is 3. The maximum atomic E-state index is 13.8. The van der Waals surface area contributed by atoms with E-state index in [-0.39, 0.29) is 6.54 Å². The Hall–Kier alpha value is -2.77. The van der Waals surface area contributed by atoms with Crippen LogP contribution in [0.1, 0.15) is 5.56 Å². The molecule has 2 N–H and O–H groups in total. The third kappa shape index (κ3) is 4.63. The van der Waals surface area contributed by atoms with Gasteiger partial charge in [-0.15, -0.1) is 0 Å². The fourth-order valence-electron chi connectivity index (χ4n) is 3.22. The Bertz CT molecular complexity index is 991. The Balaban J connectivity index is 1.50. The van der Waals surface area contributed by atoms with Crippen LogP contribution in [0.4, 0.5) is 20.3 Å². The van der Waals surface area contributed by atoms with Gasteiger partial charge in [-0.3, -0.25) is 0 Å². The monoisotopic (exact) mass is 415 g/mol. The van der Waals surface area contributed by atoms with Crippen molar-refractivity contribution < 1.29 is 8.78 Å². The summed E-state index contributed by atoms with van der Waals surface area (Å²) in [6.07, 6.45) is 1.51. The van der Waals surface area contributed by atoms with Crippen LogP contribution in [0.15, 0.2) is 48.7 Å². The number of nitrogens with zero attached hydrogens (tertiary/aromatic N) is 3. The summed E-state index contributed by atoms with van der Waals surface area (Å²) in [7, 11) is 0.